The summed E-state index contributed by atoms with van der Waals surface area (Å²) in [7, 11) is 0. The fourth-order valence-corrected chi connectivity index (χ4v) is 6.14. The second-order valence-electron chi connectivity index (χ2n) is 6.41. The minimum Gasteiger partial charge on any atom is -0.345 e. The summed E-state index contributed by atoms with van der Waals surface area (Å²) >= 11 is 7.30. The molecule has 2 heterocycles. The summed E-state index contributed by atoms with van der Waals surface area (Å²) in [4.78, 5) is 15.0. The summed E-state index contributed by atoms with van der Waals surface area (Å²) in [6.45, 7) is 2.31. The molecule has 0 unspecified atom stereocenters. The van der Waals surface area contributed by atoms with Gasteiger partial charge in [-0.3, -0.25) is 4.79 Å². The van der Waals surface area contributed by atoms with Gasteiger partial charge >= 0.3 is 0 Å². The van der Waals surface area contributed by atoms with E-state index in [9.17, 15) is 4.79 Å². The predicted molar refractivity (Wildman–Crippen MR) is 95.8 cm³/mol. The molecule has 3 rings (SSSR count). The minimum absolute atomic E-state index is 0.0388. The van der Waals surface area contributed by atoms with Crippen LogP contribution in [0.4, 0.5) is 0 Å². The molecule has 0 saturated heterocycles. The van der Waals surface area contributed by atoms with Gasteiger partial charge < -0.3 is 5.32 Å². The number of thioether (sulfide) groups is 1. The van der Waals surface area contributed by atoms with Crippen LogP contribution in [0.25, 0.3) is 0 Å². The van der Waals surface area contributed by atoms with Crippen molar-refractivity contribution in [1.82, 2.24) is 5.32 Å². The quantitative estimate of drug-likeness (QED) is 0.766. The van der Waals surface area contributed by atoms with Crippen molar-refractivity contribution in [1.29, 1.82) is 0 Å². The first-order valence-corrected chi connectivity index (χ1v) is 10.8. The fourth-order valence-electron chi connectivity index (χ4n) is 3.17. The summed E-state index contributed by atoms with van der Waals surface area (Å²) < 4.78 is 0. The van der Waals surface area contributed by atoms with Crippen LogP contribution < -0.4 is 5.32 Å². The number of aryl methyl sites for hydroxylation is 1. The summed E-state index contributed by atoms with van der Waals surface area (Å²) in [6.07, 6.45) is 5.73. The Bertz CT molecular complexity index is 497. The topological polar surface area (TPSA) is 29.1 Å². The van der Waals surface area contributed by atoms with Crippen molar-refractivity contribution < 1.29 is 4.79 Å². The maximum atomic E-state index is 12.6. The Morgan fingerprint density at radius 1 is 1.48 bits per heavy atom. The number of hydrogen-bond acceptors (Lipinski definition) is 3. The molecule has 1 aromatic heterocycles. The zero-order valence-corrected chi connectivity index (χ0v) is 15.6. The molecule has 1 aromatic rings. The molecule has 5 heteroatoms. The van der Waals surface area contributed by atoms with Gasteiger partial charge in [-0.1, -0.05) is 22.9 Å². The van der Waals surface area contributed by atoms with E-state index < -0.39 is 0 Å². The van der Waals surface area contributed by atoms with Crippen LogP contribution in [-0.2, 0) is 12.2 Å². The van der Waals surface area contributed by atoms with Gasteiger partial charge in [0.05, 0.1) is 10.4 Å². The van der Waals surface area contributed by atoms with Gasteiger partial charge in [0.1, 0.15) is 0 Å². The number of thiophene rings is 1. The van der Waals surface area contributed by atoms with E-state index in [1.807, 2.05) is 11.8 Å². The average Bonchev–Trinajstić information content (AvgIpc) is 2.94. The van der Waals surface area contributed by atoms with Gasteiger partial charge in [0.25, 0.3) is 5.91 Å². The molecule has 2 nitrogen and oxygen atoms in total. The van der Waals surface area contributed by atoms with Gasteiger partial charge in [0.15, 0.2) is 0 Å². The van der Waals surface area contributed by atoms with Crippen molar-refractivity contribution in [2.75, 3.05) is 11.1 Å². The molecule has 1 amide bonds. The predicted octanol–water partition coefficient (Wildman–Crippen LogP) is 4.61. The minimum atomic E-state index is -0.0388. The smallest absolute Gasteiger partial charge is 0.261 e. The number of halogens is 1. The van der Waals surface area contributed by atoms with Gasteiger partial charge in [-0.2, -0.15) is 11.8 Å². The number of alkyl halides is 1. The molecular weight excluding hydrogens is 366 g/mol. The molecule has 1 aliphatic heterocycles. The highest BCUT2D eigenvalue weighted by atomic mass is 79.9. The third kappa shape index (κ3) is 3.50. The van der Waals surface area contributed by atoms with E-state index in [4.69, 9.17) is 0 Å². The Morgan fingerprint density at radius 3 is 2.90 bits per heavy atom. The number of nitrogens with one attached hydrogen (secondary N) is 1. The summed E-state index contributed by atoms with van der Waals surface area (Å²) in [5, 5.41) is 4.21. The van der Waals surface area contributed by atoms with Gasteiger partial charge in [0.2, 0.25) is 0 Å². The fraction of sp³-hybridized carbons (Fsp3) is 0.688. The molecule has 2 aliphatic rings. The first-order chi connectivity index (χ1) is 10.1. The number of amides is 1. The summed E-state index contributed by atoms with van der Waals surface area (Å²) in [5.41, 5.74) is 1.34. The molecule has 116 valence electrons. The Kier molecular flexibility index (Phi) is 5.01. The highest BCUT2D eigenvalue weighted by Gasteiger charge is 2.35. The average molecular weight is 388 g/mol. The van der Waals surface area contributed by atoms with E-state index >= 15 is 0 Å². The third-order valence-corrected chi connectivity index (χ3v) is 8.03. The molecule has 1 saturated carbocycles. The number of carbonyl (C=O) groups is 1. The molecule has 1 N–H and O–H groups in total. The molecule has 0 spiro atoms. The maximum Gasteiger partial charge on any atom is 0.261 e. The zero-order chi connectivity index (χ0) is 14.9. The van der Waals surface area contributed by atoms with Gasteiger partial charge in [-0.15, -0.1) is 11.3 Å². The maximum absolute atomic E-state index is 12.6. The van der Waals surface area contributed by atoms with Crippen molar-refractivity contribution in [3.8, 4) is 0 Å². The van der Waals surface area contributed by atoms with Gasteiger partial charge in [0, 0.05) is 16.0 Å². The van der Waals surface area contributed by atoms with E-state index in [1.165, 1.54) is 29.0 Å². The second-order valence-corrected chi connectivity index (χ2v) is 9.21. The lowest BCUT2D eigenvalue weighted by Gasteiger charge is -2.38. The highest BCUT2D eigenvalue weighted by molar-refractivity contribution is 9.09. The lowest BCUT2D eigenvalue weighted by molar-refractivity contribution is 0.0878. The lowest BCUT2D eigenvalue weighted by atomic mass is 9.78. The second kappa shape index (κ2) is 6.63. The number of fused-ring (bicyclic) bond motifs is 1. The number of rotatable bonds is 3. The summed E-state index contributed by atoms with van der Waals surface area (Å²) in [5.74, 6) is 3.19. The standard InChI is InChI=1S/C16H22BrNOS2/c1-11-2-5-16(10-17,6-3-11)18-15(19)14-8-12-9-20-7-4-13(12)21-14/h8,11H,2-7,9-10H2,1H3,(H,18,19). The normalized spacial score (nSPS) is 29.0. The molecule has 0 radical (unpaired) electrons. The molecule has 0 atom stereocenters. The highest BCUT2D eigenvalue weighted by Crippen LogP contribution is 2.35. The summed E-state index contributed by atoms with van der Waals surface area (Å²) in [6, 6.07) is 2.12. The Morgan fingerprint density at radius 2 is 2.24 bits per heavy atom. The molecule has 1 fully saturated rings. The van der Waals surface area contributed by atoms with Crippen LogP contribution in [0, 0.1) is 5.92 Å². The van der Waals surface area contributed by atoms with Crippen LogP contribution in [0.15, 0.2) is 6.07 Å². The lowest BCUT2D eigenvalue weighted by Crippen LogP contribution is -2.51. The zero-order valence-electron chi connectivity index (χ0n) is 12.4. The van der Waals surface area contributed by atoms with Crippen LogP contribution >= 0.6 is 39.0 Å². The van der Waals surface area contributed by atoms with Crippen LogP contribution in [-0.4, -0.2) is 22.5 Å². The van der Waals surface area contributed by atoms with Crippen LogP contribution in [0.2, 0.25) is 0 Å². The van der Waals surface area contributed by atoms with E-state index in [0.717, 1.165) is 41.1 Å². The van der Waals surface area contributed by atoms with Crippen LogP contribution in [0.1, 0.15) is 52.7 Å². The Balaban J connectivity index is 1.71. The van der Waals surface area contributed by atoms with E-state index in [0.29, 0.717) is 0 Å². The van der Waals surface area contributed by atoms with E-state index in [-0.39, 0.29) is 11.4 Å². The SMILES string of the molecule is CC1CCC(CBr)(NC(=O)c2cc3c(s2)CCSC3)CC1. The Labute approximate surface area is 143 Å². The molecule has 21 heavy (non-hydrogen) atoms. The van der Waals surface area contributed by atoms with E-state index in [2.05, 4.69) is 34.2 Å². The van der Waals surface area contributed by atoms with Gasteiger partial charge in [-0.05, 0) is 55.4 Å². The first kappa shape index (κ1) is 15.9. The van der Waals surface area contributed by atoms with Crippen molar-refractivity contribution in [3.63, 3.8) is 0 Å². The number of hydrogen-bond donors (Lipinski definition) is 1. The van der Waals surface area contributed by atoms with E-state index in [1.54, 1.807) is 11.3 Å². The van der Waals surface area contributed by atoms with Crippen LogP contribution in [0.5, 0.6) is 0 Å². The number of carbonyl (C=O) groups excluding carboxylic acids is 1. The monoisotopic (exact) mass is 387 g/mol. The van der Waals surface area contributed by atoms with Crippen molar-refractivity contribution in [2.45, 2.75) is 50.3 Å². The molecule has 1 aliphatic carbocycles. The van der Waals surface area contributed by atoms with Crippen molar-refractivity contribution in [3.05, 3.63) is 21.4 Å². The third-order valence-electron chi connectivity index (χ3n) is 4.72. The molecule has 0 bridgehead atoms. The molecule has 0 aromatic carbocycles. The Hall–Kier alpha value is -0.000000000000000111. The van der Waals surface area contributed by atoms with Gasteiger partial charge in [-0.25, -0.2) is 0 Å². The van der Waals surface area contributed by atoms with Crippen molar-refractivity contribution >= 4 is 44.9 Å². The van der Waals surface area contributed by atoms with Crippen LogP contribution in [0.3, 0.4) is 0 Å². The first-order valence-electron chi connectivity index (χ1n) is 7.70. The molecular formula is C16H22BrNOS2. The van der Waals surface area contributed by atoms with Crippen molar-refractivity contribution in [2.24, 2.45) is 5.92 Å². The largest absolute Gasteiger partial charge is 0.345 e.